The van der Waals surface area contributed by atoms with Crippen molar-refractivity contribution in [2.75, 3.05) is 11.4 Å². The Balaban J connectivity index is 1.67. The topological polar surface area (TPSA) is 43.2 Å². The molecule has 130 valence electrons. The molecule has 0 fully saturated rings. The van der Waals surface area contributed by atoms with E-state index in [-0.39, 0.29) is 0 Å². The number of imidazole rings is 1. The van der Waals surface area contributed by atoms with Crippen LogP contribution in [0.3, 0.4) is 0 Å². The average Bonchev–Trinajstić information content (AvgIpc) is 3.04. The highest BCUT2D eigenvalue weighted by molar-refractivity contribution is 5.79. The number of anilines is 2. The van der Waals surface area contributed by atoms with Crippen LogP contribution in [0, 0.1) is 0 Å². The van der Waals surface area contributed by atoms with E-state index in [1.165, 1.54) is 0 Å². The molecule has 0 bridgehead atoms. The molecule has 0 spiro atoms. The molecule has 0 unspecified atom stereocenters. The van der Waals surface area contributed by atoms with Gasteiger partial charge in [0.15, 0.2) is 0 Å². The summed E-state index contributed by atoms with van der Waals surface area (Å²) in [6, 6.07) is 19.9. The van der Waals surface area contributed by atoms with Crippen LogP contribution in [0.2, 0.25) is 0 Å². The van der Waals surface area contributed by atoms with Gasteiger partial charge in [-0.25, -0.2) is 9.97 Å². The van der Waals surface area contributed by atoms with Gasteiger partial charge < -0.3 is 14.2 Å². The van der Waals surface area contributed by atoms with Gasteiger partial charge in [0, 0.05) is 31.4 Å². The molecule has 4 aromatic rings. The molecule has 0 amide bonds. The van der Waals surface area contributed by atoms with Gasteiger partial charge in [-0.15, -0.1) is 0 Å². The maximum absolute atomic E-state index is 5.97. The zero-order chi connectivity index (χ0) is 17.9. The van der Waals surface area contributed by atoms with Crippen LogP contribution in [0.15, 0.2) is 73.2 Å². The molecule has 0 atom stereocenters. The van der Waals surface area contributed by atoms with Crippen LogP contribution in [0.5, 0.6) is 11.5 Å². The fourth-order valence-corrected chi connectivity index (χ4v) is 2.98. The van der Waals surface area contributed by atoms with Gasteiger partial charge in [-0.1, -0.05) is 24.3 Å². The molecule has 0 aliphatic heterocycles. The molecule has 2 aromatic heterocycles. The van der Waals surface area contributed by atoms with E-state index in [4.69, 9.17) is 4.74 Å². The quantitative estimate of drug-likeness (QED) is 0.515. The molecule has 0 radical (unpaired) electrons. The van der Waals surface area contributed by atoms with E-state index in [2.05, 4.69) is 33.9 Å². The summed E-state index contributed by atoms with van der Waals surface area (Å²) in [6.45, 7) is 2.91. The van der Waals surface area contributed by atoms with Gasteiger partial charge in [0.2, 0.25) is 0 Å². The van der Waals surface area contributed by atoms with Crippen LogP contribution in [0.1, 0.15) is 6.92 Å². The molecule has 0 saturated heterocycles. The second kappa shape index (κ2) is 6.88. The van der Waals surface area contributed by atoms with Crippen molar-refractivity contribution in [3.05, 3.63) is 73.2 Å². The van der Waals surface area contributed by atoms with Crippen molar-refractivity contribution in [3.63, 3.8) is 0 Å². The highest BCUT2D eigenvalue weighted by Gasteiger charge is 2.12. The lowest BCUT2D eigenvalue weighted by molar-refractivity contribution is 0.483. The Morgan fingerprint density at radius 2 is 1.77 bits per heavy atom. The number of rotatable bonds is 5. The summed E-state index contributed by atoms with van der Waals surface area (Å²) in [6.07, 6.45) is 3.62. The lowest BCUT2D eigenvalue weighted by Gasteiger charge is -2.22. The summed E-state index contributed by atoms with van der Waals surface area (Å²) in [5, 5.41) is 0. The summed E-state index contributed by atoms with van der Waals surface area (Å²) in [5.74, 6) is 2.51. The summed E-state index contributed by atoms with van der Waals surface area (Å²) < 4.78 is 7.97. The van der Waals surface area contributed by atoms with Crippen molar-refractivity contribution in [2.45, 2.75) is 6.92 Å². The van der Waals surface area contributed by atoms with Crippen molar-refractivity contribution < 1.29 is 4.74 Å². The molecule has 5 nitrogen and oxygen atoms in total. The van der Waals surface area contributed by atoms with Gasteiger partial charge >= 0.3 is 0 Å². The summed E-state index contributed by atoms with van der Waals surface area (Å²) in [5.41, 5.74) is 2.99. The number of para-hydroxylation sites is 1. The second-order valence-corrected chi connectivity index (χ2v) is 6.04. The normalized spacial score (nSPS) is 10.8. The van der Waals surface area contributed by atoms with E-state index in [0.29, 0.717) is 0 Å². The first-order valence-corrected chi connectivity index (χ1v) is 8.62. The van der Waals surface area contributed by atoms with Crippen LogP contribution in [0.4, 0.5) is 11.5 Å². The lowest BCUT2D eigenvalue weighted by Crippen LogP contribution is -2.17. The third-order valence-corrected chi connectivity index (χ3v) is 4.30. The largest absolute Gasteiger partial charge is 0.457 e. The molecule has 0 aliphatic carbocycles. The van der Waals surface area contributed by atoms with Gasteiger partial charge in [-0.2, -0.15) is 0 Å². The number of aromatic nitrogens is 3. The predicted octanol–water partition coefficient (Wildman–Crippen LogP) is 4.92. The molecule has 5 heteroatoms. The van der Waals surface area contributed by atoms with Crippen LogP contribution in [0.25, 0.3) is 11.0 Å². The maximum atomic E-state index is 5.97. The molecule has 0 N–H and O–H groups in total. The predicted molar refractivity (Wildman–Crippen MR) is 104 cm³/mol. The first-order valence-electron chi connectivity index (χ1n) is 8.62. The van der Waals surface area contributed by atoms with E-state index in [1.807, 2.05) is 66.3 Å². The number of hydrogen-bond donors (Lipinski definition) is 0. The van der Waals surface area contributed by atoms with Gasteiger partial charge in [0.05, 0.1) is 18.0 Å². The minimum absolute atomic E-state index is 0.797. The van der Waals surface area contributed by atoms with Crippen molar-refractivity contribution in [3.8, 4) is 11.5 Å². The molecule has 2 heterocycles. The fourth-order valence-electron chi connectivity index (χ4n) is 2.98. The van der Waals surface area contributed by atoms with Crippen molar-refractivity contribution in [1.82, 2.24) is 14.5 Å². The van der Waals surface area contributed by atoms with Crippen LogP contribution >= 0.6 is 0 Å². The van der Waals surface area contributed by atoms with Gasteiger partial charge in [-0.05, 0) is 31.2 Å². The monoisotopic (exact) mass is 344 g/mol. The Hall–Kier alpha value is -3.34. The van der Waals surface area contributed by atoms with Gasteiger partial charge in [0.1, 0.15) is 22.8 Å². The Morgan fingerprint density at radius 1 is 0.962 bits per heavy atom. The van der Waals surface area contributed by atoms with Gasteiger partial charge in [-0.3, -0.25) is 0 Å². The SMILES string of the molecule is CCN(c1cccc(Oc2ccccc2)c1)c1cc2c(cn1)ncn2C. The summed E-state index contributed by atoms with van der Waals surface area (Å²) >= 11 is 0. The number of aryl methyl sites for hydroxylation is 1. The summed E-state index contributed by atoms with van der Waals surface area (Å²) in [4.78, 5) is 11.1. The minimum atomic E-state index is 0.797. The second-order valence-electron chi connectivity index (χ2n) is 6.04. The molecule has 4 rings (SSSR count). The van der Waals surface area contributed by atoms with Gasteiger partial charge in [0.25, 0.3) is 0 Å². The lowest BCUT2D eigenvalue weighted by atomic mass is 10.2. The standard InChI is InChI=1S/C21H20N4O/c1-3-25(21-13-20-19(14-22-21)23-15-24(20)2)16-8-7-11-18(12-16)26-17-9-5-4-6-10-17/h4-15H,3H2,1-2H3. The number of benzene rings is 2. The third kappa shape index (κ3) is 3.11. The maximum Gasteiger partial charge on any atom is 0.135 e. The minimum Gasteiger partial charge on any atom is -0.457 e. The molecule has 2 aromatic carbocycles. The number of hydrogen-bond acceptors (Lipinski definition) is 4. The molecule has 0 aliphatic rings. The number of pyridine rings is 1. The Morgan fingerprint density at radius 3 is 2.58 bits per heavy atom. The Bertz CT molecular complexity index is 1030. The van der Waals surface area contributed by atoms with Crippen LogP contribution in [-0.4, -0.2) is 21.1 Å². The first kappa shape index (κ1) is 16.1. The third-order valence-electron chi connectivity index (χ3n) is 4.30. The highest BCUT2D eigenvalue weighted by atomic mass is 16.5. The molecule has 26 heavy (non-hydrogen) atoms. The number of ether oxygens (including phenoxy) is 1. The fraction of sp³-hybridized carbons (Fsp3) is 0.143. The van der Waals surface area contributed by atoms with Crippen LogP contribution < -0.4 is 9.64 Å². The van der Waals surface area contributed by atoms with Crippen molar-refractivity contribution in [1.29, 1.82) is 0 Å². The molecular formula is C21H20N4O. The van der Waals surface area contributed by atoms with E-state index in [9.17, 15) is 0 Å². The number of fused-ring (bicyclic) bond motifs is 1. The Kier molecular flexibility index (Phi) is 4.27. The molecular weight excluding hydrogens is 324 g/mol. The van der Waals surface area contributed by atoms with Crippen molar-refractivity contribution in [2.24, 2.45) is 7.05 Å². The number of nitrogens with zero attached hydrogens (tertiary/aromatic N) is 4. The van der Waals surface area contributed by atoms with E-state index in [0.717, 1.165) is 40.6 Å². The zero-order valence-corrected chi connectivity index (χ0v) is 14.8. The highest BCUT2D eigenvalue weighted by Crippen LogP contribution is 2.30. The van der Waals surface area contributed by atoms with E-state index in [1.54, 1.807) is 6.33 Å². The van der Waals surface area contributed by atoms with E-state index < -0.39 is 0 Å². The summed E-state index contributed by atoms with van der Waals surface area (Å²) in [7, 11) is 1.99. The van der Waals surface area contributed by atoms with Crippen molar-refractivity contribution >= 4 is 22.5 Å². The Labute approximate surface area is 152 Å². The molecule has 0 saturated carbocycles. The van der Waals surface area contributed by atoms with E-state index >= 15 is 0 Å². The van der Waals surface area contributed by atoms with Crippen LogP contribution in [-0.2, 0) is 7.05 Å². The average molecular weight is 344 g/mol. The smallest absolute Gasteiger partial charge is 0.135 e. The first-order chi connectivity index (χ1) is 12.7. The zero-order valence-electron chi connectivity index (χ0n) is 14.8.